The van der Waals surface area contributed by atoms with Crippen molar-refractivity contribution < 1.29 is 9.84 Å². The molecule has 4 rings (SSSR count). The van der Waals surface area contributed by atoms with Gasteiger partial charge >= 0.3 is 0 Å². The molecule has 0 saturated carbocycles. The second-order valence-electron chi connectivity index (χ2n) is 4.83. The lowest BCUT2D eigenvalue weighted by molar-refractivity contribution is 0.357. The summed E-state index contributed by atoms with van der Waals surface area (Å²) in [6.07, 6.45) is 2.60. The molecule has 0 amide bonds. The molecule has 0 radical (unpaired) electrons. The van der Waals surface area contributed by atoms with Gasteiger partial charge in [-0.15, -0.1) is 0 Å². The van der Waals surface area contributed by atoms with E-state index in [0.717, 1.165) is 35.3 Å². The Kier molecular flexibility index (Phi) is 2.36. The van der Waals surface area contributed by atoms with Crippen molar-refractivity contribution in [3.63, 3.8) is 0 Å². The molecule has 1 N–H and O–H groups in total. The largest absolute Gasteiger partial charge is 0.506 e. The highest BCUT2D eigenvalue weighted by Crippen LogP contribution is 2.34. The van der Waals surface area contributed by atoms with E-state index in [4.69, 9.17) is 4.74 Å². The fraction of sp³-hybridized carbons (Fsp3) is 0.125. The molecule has 0 unspecified atom stereocenters. The van der Waals surface area contributed by atoms with Gasteiger partial charge in [-0.1, -0.05) is 0 Å². The van der Waals surface area contributed by atoms with E-state index in [1.807, 2.05) is 30.3 Å². The highest BCUT2D eigenvalue weighted by molar-refractivity contribution is 5.82. The van der Waals surface area contributed by atoms with Gasteiger partial charge < -0.3 is 9.84 Å². The first-order valence-electron chi connectivity index (χ1n) is 6.52. The van der Waals surface area contributed by atoms with Crippen LogP contribution in [0.25, 0.3) is 22.3 Å². The Morgan fingerprint density at radius 3 is 3.05 bits per heavy atom. The van der Waals surface area contributed by atoms with Crippen LogP contribution in [0.15, 0.2) is 42.6 Å². The first-order valence-corrected chi connectivity index (χ1v) is 6.52. The van der Waals surface area contributed by atoms with Crippen molar-refractivity contribution in [1.29, 1.82) is 0 Å². The summed E-state index contributed by atoms with van der Waals surface area (Å²) in [7, 11) is 0. The number of nitrogens with zero attached hydrogens (tertiary/aromatic N) is 2. The lowest BCUT2D eigenvalue weighted by Crippen LogP contribution is -1.90. The van der Waals surface area contributed by atoms with Crippen LogP contribution in [0.5, 0.6) is 11.5 Å². The minimum absolute atomic E-state index is 0.171. The van der Waals surface area contributed by atoms with Gasteiger partial charge in [0.2, 0.25) is 0 Å². The topological polar surface area (TPSA) is 55.2 Å². The standard InChI is InChI=1S/C16H12N2O2/c19-13-9-12-2-1-6-17-16(12)18-15(13)11-3-4-14-10(8-11)5-7-20-14/h1-4,6,8-9,19H,5,7H2. The van der Waals surface area contributed by atoms with E-state index in [9.17, 15) is 5.11 Å². The smallest absolute Gasteiger partial charge is 0.160 e. The van der Waals surface area contributed by atoms with E-state index < -0.39 is 0 Å². The molecule has 4 nitrogen and oxygen atoms in total. The van der Waals surface area contributed by atoms with Crippen LogP contribution in [0.4, 0.5) is 0 Å². The zero-order valence-corrected chi connectivity index (χ0v) is 10.7. The van der Waals surface area contributed by atoms with E-state index in [2.05, 4.69) is 9.97 Å². The van der Waals surface area contributed by atoms with Gasteiger partial charge in [-0.3, -0.25) is 0 Å². The number of aromatic hydroxyl groups is 1. The molecule has 3 heterocycles. The van der Waals surface area contributed by atoms with E-state index in [1.165, 1.54) is 0 Å². The molecule has 1 aliphatic heterocycles. The van der Waals surface area contributed by atoms with Gasteiger partial charge in [-0.25, -0.2) is 9.97 Å². The van der Waals surface area contributed by atoms with Crippen molar-refractivity contribution in [2.24, 2.45) is 0 Å². The number of rotatable bonds is 1. The Morgan fingerprint density at radius 2 is 2.10 bits per heavy atom. The third-order valence-electron chi connectivity index (χ3n) is 3.53. The molecule has 3 aromatic rings. The summed E-state index contributed by atoms with van der Waals surface area (Å²) >= 11 is 0. The summed E-state index contributed by atoms with van der Waals surface area (Å²) in [5, 5.41) is 11.0. The summed E-state index contributed by atoms with van der Waals surface area (Å²) in [5.41, 5.74) is 3.24. The van der Waals surface area contributed by atoms with Crippen molar-refractivity contribution >= 4 is 11.0 Å². The number of benzene rings is 1. The van der Waals surface area contributed by atoms with Crippen LogP contribution in [0, 0.1) is 0 Å². The van der Waals surface area contributed by atoms with E-state index in [-0.39, 0.29) is 5.75 Å². The van der Waals surface area contributed by atoms with Gasteiger partial charge in [0, 0.05) is 23.6 Å². The molecule has 0 bridgehead atoms. The van der Waals surface area contributed by atoms with Crippen LogP contribution < -0.4 is 4.74 Å². The fourth-order valence-electron chi connectivity index (χ4n) is 2.54. The Hall–Kier alpha value is -2.62. The quantitative estimate of drug-likeness (QED) is 0.734. The fourth-order valence-corrected chi connectivity index (χ4v) is 2.54. The summed E-state index contributed by atoms with van der Waals surface area (Å²) < 4.78 is 5.49. The number of pyridine rings is 2. The average Bonchev–Trinajstić information content (AvgIpc) is 2.94. The molecule has 98 valence electrons. The normalized spacial score (nSPS) is 13.2. The van der Waals surface area contributed by atoms with Gasteiger partial charge in [0.15, 0.2) is 5.65 Å². The minimum Gasteiger partial charge on any atom is -0.506 e. The zero-order valence-electron chi connectivity index (χ0n) is 10.7. The zero-order chi connectivity index (χ0) is 13.5. The number of aromatic nitrogens is 2. The molecule has 20 heavy (non-hydrogen) atoms. The van der Waals surface area contributed by atoms with Gasteiger partial charge in [0.25, 0.3) is 0 Å². The van der Waals surface area contributed by atoms with E-state index >= 15 is 0 Å². The highest BCUT2D eigenvalue weighted by atomic mass is 16.5. The number of hydrogen-bond donors (Lipinski definition) is 1. The van der Waals surface area contributed by atoms with Crippen molar-refractivity contribution in [2.75, 3.05) is 6.61 Å². The molecule has 4 heteroatoms. The molecule has 0 fully saturated rings. The maximum Gasteiger partial charge on any atom is 0.160 e. The van der Waals surface area contributed by atoms with Crippen molar-refractivity contribution in [3.8, 4) is 22.8 Å². The molecule has 0 saturated heterocycles. The summed E-state index contributed by atoms with van der Waals surface area (Å²) in [5.74, 6) is 1.09. The van der Waals surface area contributed by atoms with Crippen LogP contribution in [-0.2, 0) is 6.42 Å². The predicted octanol–water partition coefficient (Wildman–Crippen LogP) is 2.94. The van der Waals surface area contributed by atoms with Crippen LogP contribution in [0.1, 0.15) is 5.56 Å². The van der Waals surface area contributed by atoms with Crippen LogP contribution >= 0.6 is 0 Å². The number of ether oxygens (including phenoxy) is 1. The minimum atomic E-state index is 0.171. The predicted molar refractivity (Wildman–Crippen MR) is 75.8 cm³/mol. The second kappa shape index (κ2) is 4.20. The average molecular weight is 264 g/mol. The Morgan fingerprint density at radius 1 is 1.15 bits per heavy atom. The molecule has 2 aromatic heterocycles. The molecule has 0 atom stereocenters. The van der Waals surface area contributed by atoms with Crippen molar-refractivity contribution in [3.05, 3.63) is 48.2 Å². The molecular weight excluding hydrogens is 252 g/mol. The SMILES string of the molecule is Oc1cc2cccnc2nc1-c1ccc2c(c1)CCO2. The van der Waals surface area contributed by atoms with Crippen LogP contribution in [0.3, 0.4) is 0 Å². The van der Waals surface area contributed by atoms with E-state index in [0.29, 0.717) is 11.3 Å². The summed E-state index contributed by atoms with van der Waals surface area (Å²) in [4.78, 5) is 8.70. The summed E-state index contributed by atoms with van der Waals surface area (Å²) in [6, 6.07) is 11.3. The van der Waals surface area contributed by atoms with Gasteiger partial charge in [-0.05, 0) is 42.0 Å². The first kappa shape index (κ1) is 11.2. The maximum absolute atomic E-state index is 10.2. The third-order valence-corrected chi connectivity index (χ3v) is 3.53. The Balaban J connectivity index is 1.91. The van der Waals surface area contributed by atoms with Crippen LogP contribution in [-0.4, -0.2) is 21.7 Å². The van der Waals surface area contributed by atoms with Gasteiger partial charge in [0.05, 0.1) is 6.61 Å². The second-order valence-corrected chi connectivity index (χ2v) is 4.83. The molecule has 0 spiro atoms. The van der Waals surface area contributed by atoms with Gasteiger partial charge in [-0.2, -0.15) is 0 Å². The lowest BCUT2D eigenvalue weighted by Gasteiger charge is -2.07. The maximum atomic E-state index is 10.2. The van der Waals surface area contributed by atoms with Crippen molar-refractivity contribution in [1.82, 2.24) is 9.97 Å². The molecule has 1 aromatic carbocycles. The number of fused-ring (bicyclic) bond motifs is 2. The highest BCUT2D eigenvalue weighted by Gasteiger charge is 2.15. The van der Waals surface area contributed by atoms with Crippen LogP contribution in [0.2, 0.25) is 0 Å². The molecule has 1 aliphatic rings. The molecule has 0 aliphatic carbocycles. The van der Waals surface area contributed by atoms with E-state index in [1.54, 1.807) is 12.3 Å². The molecular formula is C16H12N2O2. The Bertz CT molecular complexity index is 815. The first-order chi connectivity index (χ1) is 9.81. The van der Waals surface area contributed by atoms with Crippen molar-refractivity contribution in [2.45, 2.75) is 6.42 Å². The summed E-state index contributed by atoms with van der Waals surface area (Å²) in [6.45, 7) is 0.720. The Labute approximate surface area is 115 Å². The third kappa shape index (κ3) is 1.69. The lowest BCUT2D eigenvalue weighted by atomic mass is 10.0. The monoisotopic (exact) mass is 264 g/mol. The number of hydrogen-bond acceptors (Lipinski definition) is 4. The van der Waals surface area contributed by atoms with Gasteiger partial charge in [0.1, 0.15) is 17.2 Å².